The molecule has 0 atom stereocenters. The van der Waals surface area contributed by atoms with Gasteiger partial charge in [-0.2, -0.15) is 18.6 Å². The summed E-state index contributed by atoms with van der Waals surface area (Å²) in [7, 11) is -9.76. The van der Waals surface area contributed by atoms with E-state index in [4.69, 9.17) is 0 Å². The maximum absolute atomic E-state index is 12.6. The molecule has 0 saturated carbocycles. The third-order valence-electron chi connectivity index (χ3n) is 4.18. The second-order valence-electron chi connectivity index (χ2n) is 6.35. The summed E-state index contributed by atoms with van der Waals surface area (Å²) in [6.07, 6.45) is 0. The van der Waals surface area contributed by atoms with E-state index in [1.54, 1.807) is 19.1 Å². The van der Waals surface area contributed by atoms with Crippen LogP contribution in [0.25, 0.3) is 10.8 Å². The Morgan fingerprint density at radius 2 is 1.60 bits per heavy atom. The summed E-state index contributed by atoms with van der Waals surface area (Å²) >= 11 is 0. The number of benzene rings is 3. The van der Waals surface area contributed by atoms with E-state index in [0.29, 0.717) is 5.69 Å². The fraction of sp³-hybridized carbons (Fsp3) is 0.111. The van der Waals surface area contributed by atoms with Crippen LogP contribution in [0.5, 0.6) is 5.75 Å². The van der Waals surface area contributed by atoms with Crippen molar-refractivity contribution in [1.82, 2.24) is 0 Å². The van der Waals surface area contributed by atoms with Crippen LogP contribution in [-0.2, 0) is 20.2 Å². The Labute approximate surface area is 213 Å². The molecule has 0 heterocycles. The van der Waals surface area contributed by atoms with E-state index in [1.165, 1.54) is 0 Å². The van der Waals surface area contributed by atoms with Crippen molar-refractivity contribution < 1.29 is 31.0 Å². The molecule has 3 rings (SSSR count). The molecule has 0 spiro atoms. The Balaban J connectivity index is 0.00000320. The van der Waals surface area contributed by atoms with Crippen molar-refractivity contribution in [2.75, 3.05) is 0 Å². The minimum absolute atomic E-state index is 0. The number of rotatable bonds is 4. The predicted octanol–water partition coefficient (Wildman–Crippen LogP) is 2.72. The second kappa shape index (κ2) is 9.06. The van der Waals surface area contributed by atoms with Crippen LogP contribution in [0.4, 0.5) is 11.4 Å². The number of hydrogen-bond donors (Lipinski definition) is 1. The Bertz CT molecular complexity index is 1390. The molecule has 0 saturated heterocycles. The van der Waals surface area contributed by atoms with Gasteiger partial charge in [0.05, 0.1) is 21.2 Å². The molecule has 0 unspecified atom stereocenters. The van der Waals surface area contributed by atoms with Crippen LogP contribution in [-0.4, -0.2) is 74.8 Å². The van der Waals surface area contributed by atoms with Gasteiger partial charge in [0.15, 0.2) is 0 Å². The molecule has 0 radical (unpaired) electrons. The standard InChI is InChI=1S/C18H16N2O7S2.Ba/c1-10-3-6-15(11(2)7-10)19-20-17-14-5-4-13(28(22,23)24)8-12(14)9-16(18(17)21)29(25,26)27;/h3-9,21H,1-2H3,(H,22,23,24)(H,25,26,27);/q;+2/p-2. The molecule has 0 amide bonds. The summed E-state index contributed by atoms with van der Waals surface area (Å²) in [5.41, 5.74) is 1.76. The number of azo groups is 1. The average molecular weight is 572 g/mol. The predicted molar refractivity (Wildman–Crippen MR) is 107 cm³/mol. The molecule has 152 valence electrons. The molecule has 12 heteroatoms. The van der Waals surface area contributed by atoms with E-state index in [0.717, 1.165) is 35.4 Å². The number of fused-ring (bicyclic) bond motifs is 1. The normalized spacial score (nSPS) is 12.3. The summed E-state index contributed by atoms with van der Waals surface area (Å²) in [5.74, 6) is -1.11. The van der Waals surface area contributed by atoms with Crippen LogP contribution in [0, 0.1) is 13.8 Å². The Kier molecular flexibility index (Phi) is 7.54. The summed E-state index contributed by atoms with van der Waals surface area (Å²) < 4.78 is 66.3. The van der Waals surface area contributed by atoms with Crippen molar-refractivity contribution in [2.45, 2.75) is 23.6 Å². The molecule has 1 N–H and O–H groups in total. The van der Waals surface area contributed by atoms with Crippen LogP contribution in [0.15, 0.2) is 62.5 Å². The van der Waals surface area contributed by atoms with Gasteiger partial charge in [-0.3, -0.25) is 4.55 Å². The quantitative estimate of drug-likeness (QED) is 0.286. The van der Waals surface area contributed by atoms with E-state index in [2.05, 4.69) is 10.2 Å². The van der Waals surface area contributed by atoms with Crippen molar-refractivity contribution in [3.8, 4) is 5.75 Å². The molecule has 30 heavy (non-hydrogen) atoms. The topological polar surface area (TPSA) is 159 Å². The smallest absolute Gasteiger partial charge is 0.870 e. The first-order valence-electron chi connectivity index (χ1n) is 8.08. The SMILES string of the molecule is Cc1ccc(N=Nc2c([O-])c(S(=O)(=O)O)cc3cc(S(=O)(=O)[O-])ccc23)c(C)c1.[Ba+2]. The first kappa shape index (κ1) is 25.0. The minimum Gasteiger partial charge on any atom is -0.870 e. The fourth-order valence-electron chi connectivity index (χ4n) is 2.79. The third kappa shape index (κ3) is 5.30. The van der Waals surface area contributed by atoms with Crippen LogP contribution in [0.1, 0.15) is 11.1 Å². The van der Waals surface area contributed by atoms with E-state index >= 15 is 0 Å². The van der Waals surface area contributed by atoms with Gasteiger partial charge in [-0.15, -0.1) is 0 Å². The molecule has 3 aromatic rings. The van der Waals surface area contributed by atoms with E-state index < -0.39 is 41.5 Å². The first-order chi connectivity index (χ1) is 13.4. The van der Waals surface area contributed by atoms with Gasteiger partial charge in [0, 0.05) is 5.39 Å². The molecule has 0 bridgehead atoms. The van der Waals surface area contributed by atoms with E-state index in [9.17, 15) is 31.0 Å². The van der Waals surface area contributed by atoms with Crippen molar-refractivity contribution in [2.24, 2.45) is 10.2 Å². The molecule has 0 aliphatic carbocycles. The van der Waals surface area contributed by atoms with Gasteiger partial charge >= 0.3 is 48.9 Å². The summed E-state index contributed by atoms with van der Waals surface area (Å²) in [5, 5.41) is 20.5. The number of nitrogens with zero attached hydrogens (tertiary/aromatic N) is 2. The van der Waals surface area contributed by atoms with Gasteiger partial charge in [-0.05, 0) is 49.1 Å². The van der Waals surface area contributed by atoms with Crippen molar-refractivity contribution in [1.29, 1.82) is 0 Å². The zero-order chi connectivity index (χ0) is 21.6. The third-order valence-corrected chi connectivity index (χ3v) is 5.87. The second-order valence-corrected chi connectivity index (χ2v) is 9.12. The molecule has 3 aromatic carbocycles. The Hall–Kier alpha value is -1.29. The maximum atomic E-state index is 12.6. The van der Waals surface area contributed by atoms with Gasteiger partial charge in [0.25, 0.3) is 10.1 Å². The molecule has 9 nitrogen and oxygen atoms in total. The maximum Gasteiger partial charge on any atom is 2.00 e. The first-order valence-corrected chi connectivity index (χ1v) is 10.9. The van der Waals surface area contributed by atoms with Gasteiger partial charge < -0.3 is 9.66 Å². The van der Waals surface area contributed by atoms with Crippen molar-refractivity contribution >= 4 is 91.3 Å². The Morgan fingerprint density at radius 3 is 2.17 bits per heavy atom. The van der Waals surface area contributed by atoms with Crippen molar-refractivity contribution in [3.63, 3.8) is 0 Å². The molecule has 0 aliphatic heterocycles. The van der Waals surface area contributed by atoms with Crippen LogP contribution in [0.3, 0.4) is 0 Å². The average Bonchev–Trinajstić information content (AvgIpc) is 2.59. The van der Waals surface area contributed by atoms with Gasteiger partial charge in [0.2, 0.25) is 0 Å². The fourth-order valence-corrected chi connectivity index (χ4v) is 3.90. The number of aryl methyl sites for hydroxylation is 2. The van der Waals surface area contributed by atoms with Gasteiger partial charge in [-0.1, -0.05) is 29.5 Å². The van der Waals surface area contributed by atoms with E-state index in [1.807, 2.05) is 13.0 Å². The van der Waals surface area contributed by atoms with Crippen LogP contribution < -0.4 is 5.11 Å². The summed E-state index contributed by atoms with van der Waals surface area (Å²) in [4.78, 5) is -1.62. The molecular formula is C18H14BaN2O7S2. The van der Waals surface area contributed by atoms with Gasteiger partial charge in [-0.25, -0.2) is 8.42 Å². The molecule has 0 aliphatic rings. The number of hydrogen-bond acceptors (Lipinski definition) is 8. The zero-order valence-corrected chi connectivity index (χ0v) is 21.9. The monoisotopic (exact) mass is 572 g/mol. The van der Waals surface area contributed by atoms with Crippen LogP contribution >= 0.6 is 0 Å². The zero-order valence-electron chi connectivity index (χ0n) is 15.9. The van der Waals surface area contributed by atoms with Crippen LogP contribution in [0.2, 0.25) is 0 Å². The molecule has 0 aromatic heterocycles. The minimum atomic E-state index is -4.93. The van der Waals surface area contributed by atoms with Gasteiger partial charge in [0.1, 0.15) is 10.1 Å². The van der Waals surface area contributed by atoms with Crippen molar-refractivity contribution in [3.05, 3.63) is 53.6 Å². The molecule has 0 fully saturated rings. The van der Waals surface area contributed by atoms with E-state index in [-0.39, 0.29) is 59.7 Å². The molecular weight excluding hydrogens is 558 g/mol. The largest absolute Gasteiger partial charge is 2.00 e. The summed E-state index contributed by atoms with van der Waals surface area (Å²) in [6, 6.07) is 9.11. The Morgan fingerprint density at radius 1 is 0.933 bits per heavy atom. The summed E-state index contributed by atoms with van der Waals surface area (Å²) in [6.45, 7) is 3.66.